The molecule has 0 spiro atoms. The minimum Gasteiger partial charge on any atom is -0.353 e. The van der Waals surface area contributed by atoms with Gasteiger partial charge in [0.2, 0.25) is 5.91 Å². The van der Waals surface area contributed by atoms with Gasteiger partial charge in [-0.3, -0.25) is 14.6 Å². The van der Waals surface area contributed by atoms with Crippen LogP contribution in [-0.2, 0) is 4.79 Å². The van der Waals surface area contributed by atoms with Crippen LogP contribution in [0.15, 0.2) is 24.3 Å². The number of hydrogen-bond donors (Lipinski definition) is 1. The molecule has 128 valence electrons. The van der Waals surface area contributed by atoms with Crippen molar-refractivity contribution in [2.75, 3.05) is 33.7 Å². The molecule has 0 aromatic heterocycles. The number of rotatable bonds is 6. The van der Waals surface area contributed by atoms with Gasteiger partial charge in [-0.05, 0) is 59.9 Å². The van der Waals surface area contributed by atoms with Gasteiger partial charge in [-0.15, -0.1) is 0 Å². The molecule has 1 unspecified atom stereocenters. The smallest absolute Gasteiger partial charge is 0.242 e. The minimum atomic E-state index is -0.620. The maximum atomic E-state index is 14.1. The van der Waals surface area contributed by atoms with Crippen LogP contribution in [0.5, 0.6) is 0 Å². The van der Waals surface area contributed by atoms with Crippen molar-refractivity contribution in [2.24, 2.45) is 0 Å². The van der Waals surface area contributed by atoms with Gasteiger partial charge in [0.1, 0.15) is 11.9 Å². The molecular weight excluding hydrogens is 293 g/mol. The molecule has 0 radical (unpaired) electrons. The van der Waals surface area contributed by atoms with Crippen molar-refractivity contribution in [1.29, 1.82) is 0 Å². The number of likely N-dealkylation sites (tertiary alicyclic amines) is 1. The summed E-state index contributed by atoms with van der Waals surface area (Å²) in [6.45, 7) is 7.00. The van der Waals surface area contributed by atoms with Gasteiger partial charge in [0.25, 0.3) is 0 Å². The number of benzene rings is 1. The summed E-state index contributed by atoms with van der Waals surface area (Å²) in [6.07, 6.45) is 2.43. The lowest BCUT2D eigenvalue weighted by atomic mass is 10.0. The first-order valence-electron chi connectivity index (χ1n) is 8.26. The fourth-order valence-electron chi connectivity index (χ4n) is 3.19. The molecule has 1 aromatic carbocycles. The molecule has 1 saturated heterocycles. The average Bonchev–Trinajstić information content (AvgIpc) is 3.02. The average molecular weight is 321 g/mol. The number of carbonyl (C=O) groups is 1. The van der Waals surface area contributed by atoms with Crippen LogP contribution < -0.4 is 5.32 Å². The number of halogens is 1. The van der Waals surface area contributed by atoms with E-state index in [-0.39, 0.29) is 17.3 Å². The number of likely N-dealkylation sites (N-methyl/N-ethyl adjacent to an activating group) is 1. The van der Waals surface area contributed by atoms with Crippen LogP contribution in [0.3, 0.4) is 0 Å². The van der Waals surface area contributed by atoms with Crippen molar-refractivity contribution in [1.82, 2.24) is 15.1 Å². The molecule has 23 heavy (non-hydrogen) atoms. The monoisotopic (exact) mass is 321 g/mol. The van der Waals surface area contributed by atoms with Crippen LogP contribution >= 0.6 is 0 Å². The van der Waals surface area contributed by atoms with Gasteiger partial charge in [-0.25, -0.2) is 4.39 Å². The topological polar surface area (TPSA) is 35.6 Å². The molecule has 1 fully saturated rings. The van der Waals surface area contributed by atoms with Crippen LogP contribution in [0.1, 0.15) is 38.3 Å². The Morgan fingerprint density at radius 2 is 1.91 bits per heavy atom. The second-order valence-electron chi connectivity index (χ2n) is 7.11. The predicted octanol–water partition coefficient (Wildman–Crippen LogP) is 2.42. The number of amides is 1. The van der Waals surface area contributed by atoms with Crippen molar-refractivity contribution in [2.45, 2.75) is 38.3 Å². The quantitative estimate of drug-likeness (QED) is 0.874. The van der Waals surface area contributed by atoms with E-state index < -0.39 is 6.04 Å². The zero-order valence-electron chi connectivity index (χ0n) is 14.6. The van der Waals surface area contributed by atoms with Gasteiger partial charge in [-0.2, -0.15) is 0 Å². The normalized spacial score (nSPS) is 17.5. The molecule has 1 aliphatic heterocycles. The zero-order valence-corrected chi connectivity index (χ0v) is 14.6. The fraction of sp³-hybridized carbons (Fsp3) is 0.611. The molecule has 1 N–H and O–H groups in total. The van der Waals surface area contributed by atoms with E-state index in [1.54, 1.807) is 37.2 Å². The lowest BCUT2D eigenvalue weighted by Crippen LogP contribution is -2.52. The van der Waals surface area contributed by atoms with E-state index in [1.807, 2.05) is 0 Å². The molecule has 1 aromatic rings. The molecule has 0 bridgehead atoms. The van der Waals surface area contributed by atoms with E-state index in [0.717, 1.165) is 13.1 Å². The lowest BCUT2D eigenvalue weighted by Gasteiger charge is -2.36. The van der Waals surface area contributed by atoms with Gasteiger partial charge >= 0.3 is 0 Å². The van der Waals surface area contributed by atoms with Crippen LogP contribution in [-0.4, -0.2) is 55.0 Å². The first-order chi connectivity index (χ1) is 10.8. The minimum absolute atomic E-state index is 0.0851. The Labute approximate surface area is 138 Å². The maximum absolute atomic E-state index is 14.1. The molecule has 1 aliphatic rings. The molecule has 1 amide bonds. The Morgan fingerprint density at radius 1 is 1.30 bits per heavy atom. The van der Waals surface area contributed by atoms with Gasteiger partial charge < -0.3 is 5.32 Å². The molecule has 4 nitrogen and oxygen atoms in total. The molecular formula is C18H28FN3O. The summed E-state index contributed by atoms with van der Waals surface area (Å²) in [5, 5.41) is 3.02. The fourth-order valence-corrected chi connectivity index (χ4v) is 3.19. The van der Waals surface area contributed by atoms with Gasteiger partial charge in [0.05, 0.1) is 0 Å². The third-order valence-corrected chi connectivity index (χ3v) is 4.62. The largest absolute Gasteiger partial charge is 0.353 e. The highest BCUT2D eigenvalue weighted by atomic mass is 19.1. The summed E-state index contributed by atoms with van der Waals surface area (Å²) in [4.78, 5) is 16.8. The van der Waals surface area contributed by atoms with Crippen molar-refractivity contribution in [3.63, 3.8) is 0 Å². The zero-order chi connectivity index (χ0) is 17.0. The lowest BCUT2D eigenvalue weighted by molar-refractivity contribution is -0.126. The first-order valence-corrected chi connectivity index (χ1v) is 8.26. The highest BCUT2D eigenvalue weighted by Crippen LogP contribution is 2.23. The van der Waals surface area contributed by atoms with E-state index in [0.29, 0.717) is 12.1 Å². The van der Waals surface area contributed by atoms with E-state index in [4.69, 9.17) is 0 Å². The molecule has 0 aliphatic carbocycles. The number of carbonyl (C=O) groups excluding carboxylic acids is 1. The molecule has 2 rings (SSSR count). The van der Waals surface area contributed by atoms with Crippen LogP contribution in [0.25, 0.3) is 0 Å². The summed E-state index contributed by atoms with van der Waals surface area (Å²) in [5.74, 6) is -0.507. The third kappa shape index (κ3) is 4.30. The first kappa shape index (κ1) is 17.9. The van der Waals surface area contributed by atoms with E-state index in [9.17, 15) is 9.18 Å². The Kier molecular flexibility index (Phi) is 5.76. The highest BCUT2D eigenvalue weighted by Gasteiger charge is 2.31. The highest BCUT2D eigenvalue weighted by molar-refractivity contribution is 5.83. The molecule has 1 atom stereocenters. The SMILES string of the molecule is CN(C)C(C(=O)NCC(C)(C)N1CCCC1)c1ccccc1F. The van der Waals surface area contributed by atoms with Crippen LogP contribution in [0.4, 0.5) is 4.39 Å². The Balaban J connectivity index is 2.06. The second kappa shape index (κ2) is 7.41. The number of nitrogens with zero attached hydrogens (tertiary/aromatic N) is 2. The van der Waals surface area contributed by atoms with Crippen LogP contribution in [0.2, 0.25) is 0 Å². The van der Waals surface area contributed by atoms with Crippen molar-refractivity contribution in [3.05, 3.63) is 35.6 Å². The number of nitrogens with one attached hydrogen (secondary N) is 1. The van der Waals surface area contributed by atoms with Crippen molar-refractivity contribution in [3.8, 4) is 0 Å². The van der Waals surface area contributed by atoms with Gasteiger partial charge in [-0.1, -0.05) is 18.2 Å². The van der Waals surface area contributed by atoms with Gasteiger partial charge in [0, 0.05) is 17.6 Å². The van der Waals surface area contributed by atoms with Crippen molar-refractivity contribution < 1.29 is 9.18 Å². The summed E-state index contributed by atoms with van der Waals surface area (Å²) in [7, 11) is 3.59. The van der Waals surface area contributed by atoms with Crippen molar-refractivity contribution >= 4 is 5.91 Å². The summed E-state index contributed by atoms with van der Waals surface area (Å²) >= 11 is 0. The summed E-state index contributed by atoms with van der Waals surface area (Å²) < 4.78 is 14.1. The summed E-state index contributed by atoms with van der Waals surface area (Å²) in [6, 6.07) is 5.85. The van der Waals surface area contributed by atoms with E-state index >= 15 is 0 Å². The predicted molar refractivity (Wildman–Crippen MR) is 90.7 cm³/mol. The maximum Gasteiger partial charge on any atom is 0.242 e. The summed E-state index contributed by atoms with van der Waals surface area (Å²) in [5.41, 5.74) is 0.326. The standard InChI is InChI=1S/C18H28FN3O/c1-18(2,22-11-7-8-12-22)13-20-17(23)16(21(3)4)14-9-5-6-10-15(14)19/h5-6,9-10,16H,7-8,11-13H2,1-4H3,(H,20,23). The third-order valence-electron chi connectivity index (χ3n) is 4.62. The van der Waals surface area contributed by atoms with Gasteiger partial charge in [0.15, 0.2) is 0 Å². The molecule has 0 saturated carbocycles. The number of hydrogen-bond acceptors (Lipinski definition) is 3. The van der Waals surface area contributed by atoms with Crippen LogP contribution in [0, 0.1) is 5.82 Å². The second-order valence-corrected chi connectivity index (χ2v) is 7.11. The Bertz CT molecular complexity index is 539. The molecule has 1 heterocycles. The molecule has 5 heteroatoms. The Morgan fingerprint density at radius 3 is 2.48 bits per heavy atom. The Hall–Kier alpha value is -1.46. The van der Waals surface area contributed by atoms with E-state index in [1.165, 1.54) is 18.9 Å². The van der Waals surface area contributed by atoms with E-state index in [2.05, 4.69) is 24.1 Å².